The molecule has 0 aromatic carbocycles. The summed E-state index contributed by atoms with van der Waals surface area (Å²) < 4.78 is 0. The average molecular weight is 222 g/mol. The molecular weight excluding hydrogens is 204 g/mol. The SMILES string of the molecule is CCC(C)NC(C)(C(N)=O)c1cnccn1. The maximum Gasteiger partial charge on any atom is 0.243 e. The van der Waals surface area contributed by atoms with Crippen molar-refractivity contribution in [3.8, 4) is 0 Å². The second-order valence-corrected chi connectivity index (χ2v) is 4.03. The minimum atomic E-state index is -0.969. The Kier molecular flexibility index (Phi) is 3.95. The Balaban J connectivity index is 3.02. The maximum atomic E-state index is 11.6. The lowest BCUT2D eigenvalue weighted by Gasteiger charge is -2.29. The van der Waals surface area contributed by atoms with E-state index in [4.69, 9.17) is 5.73 Å². The Morgan fingerprint density at radius 2 is 2.31 bits per heavy atom. The molecule has 0 aliphatic rings. The molecule has 88 valence electrons. The molecule has 1 heterocycles. The molecule has 16 heavy (non-hydrogen) atoms. The Morgan fingerprint density at radius 1 is 1.62 bits per heavy atom. The zero-order valence-electron chi connectivity index (χ0n) is 9.90. The number of rotatable bonds is 5. The van der Waals surface area contributed by atoms with E-state index in [-0.39, 0.29) is 6.04 Å². The van der Waals surface area contributed by atoms with Crippen LogP contribution in [0.4, 0.5) is 0 Å². The van der Waals surface area contributed by atoms with Crippen molar-refractivity contribution in [1.29, 1.82) is 0 Å². The van der Waals surface area contributed by atoms with Crippen LogP contribution in [-0.2, 0) is 10.3 Å². The Labute approximate surface area is 95.5 Å². The van der Waals surface area contributed by atoms with E-state index in [0.29, 0.717) is 5.69 Å². The van der Waals surface area contributed by atoms with Gasteiger partial charge in [0.1, 0.15) is 5.54 Å². The van der Waals surface area contributed by atoms with E-state index in [0.717, 1.165) is 6.42 Å². The van der Waals surface area contributed by atoms with Crippen LogP contribution in [0.5, 0.6) is 0 Å². The highest BCUT2D eigenvalue weighted by Gasteiger charge is 2.35. The topological polar surface area (TPSA) is 80.9 Å². The Hall–Kier alpha value is -1.49. The van der Waals surface area contributed by atoms with Crippen LogP contribution in [0.15, 0.2) is 18.6 Å². The van der Waals surface area contributed by atoms with Gasteiger partial charge in [-0.05, 0) is 20.3 Å². The number of carbonyl (C=O) groups excluding carboxylic acids is 1. The molecular formula is C11H18N4O. The largest absolute Gasteiger partial charge is 0.368 e. The first-order chi connectivity index (χ1) is 7.50. The average Bonchev–Trinajstić information content (AvgIpc) is 2.29. The zero-order chi connectivity index (χ0) is 12.2. The molecule has 0 fully saturated rings. The summed E-state index contributed by atoms with van der Waals surface area (Å²) in [6.45, 7) is 5.76. The van der Waals surface area contributed by atoms with Crippen molar-refractivity contribution in [3.05, 3.63) is 24.3 Å². The fourth-order valence-electron chi connectivity index (χ4n) is 1.42. The third-order valence-corrected chi connectivity index (χ3v) is 2.72. The van der Waals surface area contributed by atoms with Crippen LogP contribution in [-0.4, -0.2) is 21.9 Å². The summed E-state index contributed by atoms with van der Waals surface area (Å²) in [5.74, 6) is -0.451. The quantitative estimate of drug-likeness (QED) is 0.763. The highest BCUT2D eigenvalue weighted by atomic mass is 16.1. The van der Waals surface area contributed by atoms with Gasteiger partial charge in [0.25, 0.3) is 0 Å². The molecule has 5 nitrogen and oxygen atoms in total. The molecule has 2 atom stereocenters. The number of hydrogen-bond donors (Lipinski definition) is 2. The molecule has 3 N–H and O–H groups in total. The van der Waals surface area contributed by atoms with Crippen molar-refractivity contribution in [3.63, 3.8) is 0 Å². The number of nitrogens with one attached hydrogen (secondary N) is 1. The van der Waals surface area contributed by atoms with E-state index in [2.05, 4.69) is 15.3 Å². The molecule has 5 heteroatoms. The van der Waals surface area contributed by atoms with Crippen LogP contribution in [0, 0.1) is 0 Å². The molecule has 1 aromatic rings. The Morgan fingerprint density at radius 3 is 2.75 bits per heavy atom. The standard InChI is InChI=1S/C11H18N4O/c1-4-8(2)15-11(3,10(12)16)9-7-13-5-6-14-9/h5-8,15H,4H2,1-3H3,(H2,12,16). The van der Waals surface area contributed by atoms with Gasteiger partial charge in [-0.3, -0.25) is 20.1 Å². The van der Waals surface area contributed by atoms with Crippen LogP contribution in [0.1, 0.15) is 32.9 Å². The van der Waals surface area contributed by atoms with Gasteiger partial charge in [-0.1, -0.05) is 6.92 Å². The van der Waals surface area contributed by atoms with E-state index >= 15 is 0 Å². The van der Waals surface area contributed by atoms with Crippen molar-refractivity contribution in [2.75, 3.05) is 0 Å². The summed E-state index contributed by atoms with van der Waals surface area (Å²) in [4.78, 5) is 19.7. The summed E-state index contributed by atoms with van der Waals surface area (Å²) in [6, 6.07) is 0.180. The molecule has 0 aliphatic heterocycles. The summed E-state index contributed by atoms with van der Waals surface area (Å²) >= 11 is 0. The fourth-order valence-corrected chi connectivity index (χ4v) is 1.42. The molecule has 0 saturated heterocycles. The van der Waals surface area contributed by atoms with Gasteiger partial charge >= 0.3 is 0 Å². The van der Waals surface area contributed by atoms with E-state index in [1.165, 1.54) is 0 Å². The second kappa shape index (κ2) is 5.03. The number of hydrogen-bond acceptors (Lipinski definition) is 4. The van der Waals surface area contributed by atoms with Gasteiger partial charge in [-0.25, -0.2) is 0 Å². The predicted molar refractivity (Wildman–Crippen MR) is 61.5 cm³/mol. The van der Waals surface area contributed by atoms with E-state index in [1.54, 1.807) is 25.5 Å². The first-order valence-corrected chi connectivity index (χ1v) is 5.34. The summed E-state index contributed by atoms with van der Waals surface area (Å²) in [6.07, 6.45) is 5.58. The van der Waals surface area contributed by atoms with Crippen molar-refractivity contribution in [2.24, 2.45) is 5.73 Å². The second-order valence-electron chi connectivity index (χ2n) is 4.03. The smallest absolute Gasteiger partial charge is 0.243 e. The number of primary amides is 1. The number of amides is 1. The maximum absolute atomic E-state index is 11.6. The lowest BCUT2D eigenvalue weighted by molar-refractivity contribution is -0.124. The summed E-state index contributed by atoms with van der Waals surface area (Å²) in [5, 5.41) is 3.18. The first kappa shape index (κ1) is 12.6. The fraction of sp³-hybridized carbons (Fsp3) is 0.545. The predicted octanol–water partition coefficient (Wildman–Crippen LogP) is 0.565. The van der Waals surface area contributed by atoms with Gasteiger partial charge < -0.3 is 5.73 Å². The van der Waals surface area contributed by atoms with E-state index in [9.17, 15) is 4.79 Å². The van der Waals surface area contributed by atoms with Gasteiger partial charge in [0.15, 0.2) is 0 Å². The molecule has 0 bridgehead atoms. The van der Waals surface area contributed by atoms with Gasteiger partial charge in [-0.15, -0.1) is 0 Å². The van der Waals surface area contributed by atoms with Crippen LogP contribution < -0.4 is 11.1 Å². The molecule has 0 aliphatic carbocycles. The number of nitrogens with zero attached hydrogens (tertiary/aromatic N) is 2. The monoisotopic (exact) mass is 222 g/mol. The van der Waals surface area contributed by atoms with Crippen molar-refractivity contribution in [1.82, 2.24) is 15.3 Å². The van der Waals surface area contributed by atoms with Crippen LogP contribution >= 0.6 is 0 Å². The normalized spacial score (nSPS) is 16.4. The van der Waals surface area contributed by atoms with Gasteiger partial charge in [0.2, 0.25) is 5.91 Å². The summed E-state index contributed by atoms with van der Waals surface area (Å²) in [7, 11) is 0. The first-order valence-electron chi connectivity index (χ1n) is 5.34. The van der Waals surface area contributed by atoms with Crippen LogP contribution in [0.2, 0.25) is 0 Å². The zero-order valence-corrected chi connectivity index (χ0v) is 9.90. The minimum absolute atomic E-state index is 0.180. The van der Waals surface area contributed by atoms with Gasteiger partial charge in [0.05, 0.1) is 11.9 Å². The number of nitrogens with two attached hydrogens (primary N) is 1. The highest BCUT2D eigenvalue weighted by molar-refractivity contribution is 5.85. The third-order valence-electron chi connectivity index (χ3n) is 2.72. The molecule has 1 amide bonds. The lowest BCUT2D eigenvalue weighted by atomic mass is 9.95. The number of carbonyl (C=O) groups is 1. The molecule has 1 aromatic heterocycles. The molecule has 2 unspecified atom stereocenters. The van der Waals surface area contributed by atoms with Crippen molar-refractivity contribution >= 4 is 5.91 Å². The molecule has 0 spiro atoms. The highest BCUT2D eigenvalue weighted by Crippen LogP contribution is 2.18. The van der Waals surface area contributed by atoms with E-state index < -0.39 is 11.4 Å². The van der Waals surface area contributed by atoms with Gasteiger partial charge in [0, 0.05) is 18.4 Å². The minimum Gasteiger partial charge on any atom is -0.368 e. The van der Waals surface area contributed by atoms with Crippen molar-refractivity contribution < 1.29 is 4.79 Å². The van der Waals surface area contributed by atoms with E-state index in [1.807, 2.05) is 13.8 Å². The lowest BCUT2D eigenvalue weighted by Crippen LogP contribution is -2.53. The van der Waals surface area contributed by atoms with Crippen LogP contribution in [0.25, 0.3) is 0 Å². The molecule has 1 rings (SSSR count). The third kappa shape index (κ3) is 2.55. The van der Waals surface area contributed by atoms with Gasteiger partial charge in [-0.2, -0.15) is 0 Å². The number of aromatic nitrogens is 2. The van der Waals surface area contributed by atoms with Crippen molar-refractivity contribution in [2.45, 2.75) is 38.8 Å². The summed E-state index contributed by atoms with van der Waals surface area (Å²) in [5.41, 5.74) is 5.01. The Bertz CT molecular complexity index is 354. The van der Waals surface area contributed by atoms with Crippen LogP contribution in [0.3, 0.4) is 0 Å². The molecule has 0 saturated carbocycles. The molecule has 0 radical (unpaired) electrons.